The summed E-state index contributed by atoms with van der Waals surface area (Å²) in [5.74, 6) is -0.335. The number of halogens is 2. The van der Waals surface area contributed by atoms with Gasteiger partial charge in [0.05, 0.1) is 17.9 Å². The third kappa shape index (κ3) is 5.30. The molecule has 0 bridgehead atoms. The average Bonchev–Trinajstić information content (AvgIpc) is 2.51. The molecule has 0 heterocycles. The normalized spacial score (nSPS) is 10.0. The molecule has 0 atom stereocenters. The minimum absolute atomic E-state index is 0.335. The number of benzene rings is 2. The van der Waals surface area contributed by atoms with Crippen LogP contribution in [0.25, 0.3) is 0 Å². The van der Waals surface area contributed by atoms with Gasteiger partial charge in [-0.3, -0.25) is 0 Å². The highest BCUT2D eigenvalue weighted by Gasteiger charge is 2.07. The summed E-state index contributed by atoms with van der Waals surface area (Å²) < 4.78 is 6.82. The van der Waals surface area contributed by atoms with Crippen LogP contribution in [0, 0.1) is 0 Å². The Balaban J connectivity index is 1.98. The molecule has 7 heteroatoms. The maximum Gasteiger partial charge on any atom is 0.338 e. The molecular formula is C16H14Br2N2O2S. The summed E-state index contributed by atoms with van der Waals surface area (Å²) in [6, 6.07) is 12.7. The molecule has 2 aromatic rings. The number of ether oxygens (including phenoxy) is 1. The van der Waals surface area contributed by atoms with Crippen LogP contribution in [0.1, 0.15) is 17.3 Å². The van der Waals surface area contributed by atoms with E-state index in [-0.39, 0.29) is 5.97 Å². The fourth-order valence-corrected chi connectivity index (χ4v) is 3.15. The van der Waals surface area contributed by atoms with Gasteiger partial charge in [0.15, 0.2) is 5.11 Å². The van der Waals surface area contributed by atoms with Gasteiger partial charge in [-0.05, 0) is 77.5 Å². The van der Waals surface area contributed by atoms with Gasteiger partial charge in [-0.1, -0.05) is 15.9 Å². The molecular weight excluding hydrogens is 444 g/mol. The Hall–Kier alpha value is -1.44. The highest BCUT2D eigenvalue weighted by molar-refractivity contribution is 9.11. The highest BCUT2D eigenvalue weighted by atomic mass is 79.9. The van der Waals surface area contributed by atoms with Crippen molar-refractivity contribution in [3.8, 4) is 0 Å². The zero-order chi connectivity index (χ0) is 16.8. The Kier molecular flexibility index (Phi) is 6.56. The fraction of sp³-hybridized carbons (Fsp3) is 0.125. The zero-order valence-electron chi connectivity index (χ0n) is 12.2. The van der Waals surface area contributed by atoms with E-state index in [2.05, 4.69) is 42.5 Å². The van der Waals surface area contributed by atoms with Gasteiger partial charge in [0.2, 0.25) is 0 Å². The van der Waals surface area contributed by atoms with Crippen molar-refractivity contribution >= 4 is 66.5 Å². The molecule has 0 saturated carbocycles. The maximum atomic E-state index is 11.6. The van der Waals surface area contributed by atoms with Crippen molar-refractivity contribution < 1.29 is 9.53 Å². The van der Waals surface area contributed by atoms with E-state index in [1.54, 1.807) is 31.2 Å². The molecule has 0 radical (unpaired) electrons. The third-order valence-electron chi connectivity index (χ3n) is 2.83. The molecule has 120 valence electrons. The molecule has 0 aliphatic carbocycles. The quantitative estimate of drug-likeness (QED) is 0.488. The van der Waals surface area contributed by atoms with Crippen molar-refractivity contribution in [3.05, 3.63) is 57.0 Å². The lowest BCUT2D eigenvalue weighted by Gasteiger charge is -2.12. The van der Waals surface area contributed by atoms with Crippen LogP contribution in [0.2, 0.25) is 0 Å². The summed E-state index contributed by atoms with van der Waals surface area (Å²) in [6.45, 7) is 2.13. The Morgan fingerprint density at radius 2 is 1.83 bits per heavy atom. The number of carbonyl (C=O) groups excluding carboxylic acids is 1. The van der Waals surface area contributed by atoms with E-state index < -0.39 is 0 Å². The first-order chi connectivity index (χ1) is 11.0. The molecule has 0 saturated heterocycles. The van der Waals surface area contributed by atoms with Gasteiger partial charge >= 0.3 is 5.97 Å². The van der Waals surface area contributed by atoms with Crippen LogP contribution in [-0.2, 0) is 4.74 Å². The first-order valence-electron chi connectivity index (χ1n) is 6.80. The van der Waals surface area contributed by atoms with Crippen LogP contribution in [0.15, 0.2) is 51.4 Å². The van der Waals surface area contributed by atoms with Gasteiger partial charge in [0.25, 0.3) is 0 Å². The first-order valence-corrected chi connectivity index (χ1v) is 8.79. The van der Waals surface area contributed by atoms with Crippen LogP contribution in [0.5, 0.6) is 0 Å². The number of nitrogens with one attached hydrogen (secondary N) is 2. The van der Waals surface area contributed by atoms with Gasteiger partial charge in [-0.15, -0.1) is 0 Å². The van der Waals surface area contributed by atoms with E-state index in [0.29, 0.717) is 17.3 Å². The molecule has 0 spiro atoms. The summed E-state index contributed by atoms with van der Waals surface area (Å²) in [7, 11) is 0. The van der Waals surface area contributed by atoms with Crippen molar-refractivity contribution in [2.24, 2.45) is 0 Å². The van der Waals surface area contributed by atoms with E-state index in [1.165, 1.54) is 0 Å². The molecule has 2 aromatic carbocycles. The topological polar surface area (TPSA) is 50.4 Å². The molecule has 0 amide bonds. The van der Waals surface area contributed by atoms with Gasteiger partial charge < -0.3 is 15.4 Å². The van der Waals surface area contributed by atoms with Crippen LogP contribution in [0.4, 0.5) is 11.4 Å². The Morgan fingerprint density at radius 1 is 1.13 bits per heavy atom. The molecule has 4 nitrogen and oxygen atoms in total. The van der Waals surface area contributed by atoms with E-state index >= 15 is 0 Å². The lowest BCUT2D eigenvalue weighted by molar-refractivity contribution is 0.0526. The number of hydrogen-bond donors (Lipinski definition) is 2. The van der Waals surface area contributed by atoms with Crippen molar-refractivity contribution in [1.82, 2.24) is 0 Å². The number of anilines is 2. The fourth-order valence-electron chi connectivity index (χ4n) is 1.78. The Morgan fingerprint density at radius 3 is 2.43 bits per heavy atom. The first kappa shape index (κ1) is 17.9. The van der Waals surface area contributed by atoms with Crippen molar-refractivity contribution in [1.29, 1.82) is 0 Å². The van der Waals surface area contributed by atoms with Crippen molar-refractivity contribution in [3.63, 3.8) is 0 Å². The zero-order valence-corrected chi connectivity index (χ0v) is 16.2. The Labute approximate surface area is 156 Å². The largest absolute Gasteiger partial charge is 0.462 e. The molecule has 23 heavy (non-hydrogen) atoms. The third-order valence-corrected chi connectivity index (χ3v) is 4.19. The van der Waals surface area contributed by atoms with Crippen LogP contribution >= 0.6 is 44.1 Å². The van der Waals surface area contributed by atoms with Crippen molar-refractivity contribution in [2.75, 3.05) is 17.2 Å². The van der Waals surface area contributed by atoms with Crippen molar-refractivity contribution in [2.45, 2.75) is 6.92 Å². The summed E-state index contributed by atoms with van der Waals surface area (Å²) in [6.07, 6.45) is 0. The predicted molar refractivity (Wildman–Crippen MR) is 104 cm³/mol. The molecule has 0 unspecified atom stereocenters. The highest BCUT2D eigenvalue weighted by Crippen LogP contribution is 2.26. The summed E-state index contributed by atoms with van der Waals surface area (Å²) >= 11 is 12.2. The van der Waals surface area contributed by atoms with E-state index in [4.69, 9.17) is 17.0 Å². The molecule has 0 fully saturated rings. The number of carbonyl (C=O) groups is 1. The standard InChI is InChI=1S/C16H14Br2N2O2S/c1-2-22-15(21)10-3-6-12(7-4-10)19-16(23)20-14-8-5-11(17)9-13(14)18/h3-9H,2H2,1H3,(H2,19,20,23). The summed E-state index contributed by atoms with van der Waals surface area (Å²) in [5.41, 5.74) is 2.14. The molecule has 2 N–H and O–H groups in total. The van der Waals surface area contributed by atoms with E-state index in [0.717, 1.165) is 20.3 Å². The lowest BCUT2D eigenvalue weighted by atomic mass is 10.2. The minimum atomic E-state index is -0.335. The molecule has 2 rings (SSSR count). The molecule has 0 aliphatic rings. The molecule has 0 aliphatic heterocycles. The second kappa shape index (κ2) is 8.42. The Bertz CT molecular complexity index is 721. The number of hydrogen-bond acceptors (Lipinski definition) is 3. The second-order valence-electron chi connectivity index (χ2n) is 4.50. The van der Waals surface area contributed by atoms with Gasteiger partial charge in [0.1, 0.15) is 0 Å². The second-order valence-corrected chi connectivity index (χ2v) is 6.68. The number of thiocarbonyl (C=S) groups is 1. The summed E-state index contributed by atoms with van der Waals surface area (Å²) in [4.78, 5) is 11.6. The smallest absolute Gasteiger partial charge is 0.338 e. The lowest BCUT2D eigenvalue weighted by Crippen LogP contribution is -2.19. The van der Waals surface area contributed by atoms with E-state index in [9.17, 15) is 4.79 Å². The predicted octanol–water partition coefficient (Wildman–Crippen LogP) is 5.20. The van der Waals surface area contributed by atoms with Crippen LogP contribution in [0.3, 0.4) is 0 Å². The number of rotatable bonds is 4. The maximum absolute atomic E-state index is 11.6. The van der Waals surface area contributed by atoms with Crippen LogP contribution in [-0.4, -0.2) is 17.7 Å². The summed E-state index contributed by atoms with van der Waals surface area (Å²) in [5, 5.41) is 6.63. The van der Waals surface area contributed by atoms with Gasteiger partial charge in [-0.2, -0.15) is 0 Å². The SMILES string of the molecule is CCOC(=O)c1ccc(NC(=S)Nc2ccc(Br)cc2Br)cc1. The monoisotopic (exact) mass is 456 g/mol. The molecule has 0 aromatic heterocycles. The van der Waals surface area contributed by atoms with Gasteiger partial charge in [0, 0.05) is 14.6 Å². The van der Waals surface area contributed by atoms with Gasteiger partial charge in [-0.25, -0.2) is 4.79 Å². The minimum Gasteiger partial charge on any atom is -0.462 e. The number of esters is 1. The van der Waals surface area contributed by atoms with Crippen LogP contribution < -0.4 is 10.6 Å². The average molecular weight is 458 g/mol. The van der Waals surface area contributed by atoms with E-state index in [1.807, 2.05) is 18.2 Å².